The van der Waals surface area contributed by atoms with E-state index in [1.807, 2.05) is 0 Å². The number of aromatic hydroxyl groups is 1. The summed E-state index contributed by atoms with van der Waals surface area (Å²) in [7, 11) is 2.82. The first kappa shape index (κ1) is 25.6. The average molecular weight is 495 g/mol. The standard InChI is InChI=1S/C25H31FO9/c1-32-20-7-12(3-4-17(20)26)22-15-8-21(33-2)18(28)6-13(15)5-14(9-27)16(22)10-34-25-24(31)23(30)19(29)11-35-25/h3-4,6-8,14,16,19,22-25,27-31H,5,9-11H2,1-2H3/t14-,16-,19-,22-,23+,24-,25-/m1/s1. The van der Waals surface area contributed by atoms with Crippen LogP contribution in [-0.4, -0.2) is 84.2 Å². The highest BCUT2D eigenvalue weighted by molar-refractivity contribution is 5.52. The number of methoxy groups -OCH3 is 2. The molecule has 0 saturated carbocycles. The highest BCUT2D eigenvalue weighted by atomic mass is 19.1. The molecule has 2 aliphatic rings. The van der Waals surface area contributed by atoms with Gasteiger partial charge >= 0.3 is 0 Å². The van der Waals surface area contributed by atoms with Crippen molar-refractivity contribution < 1.29 is 48.9 Å². The topological polar surface area (TPSA) is 138 Å². The zero-order valence-corrected chi connectivity index (χ0v) is 19.5. The van der Waals surface area contributed by atoms with Gasteiger partial charge in [-0.3, -0.25) is 0 Å². The summed E-state index contributed by atoms with van der Waals surface area (Å²) in [5.41, 5.74) is 2.32. The Labute approximate surface area is 202 Å². The number of hydrogen-bond donors (Lipinski definition) is 5. The van der Waals surface area contributed by atoms with Crippen molar-refractivity contribution in [2.45, 2.75) is 36.9 Å². The second-order valence-electron chi connectivity index (χ2n) is 8.99. The first-order valence-corrected chi connectivity index (χ1v) is 11.4. The number of phenols is 1. The molecule has 5 N–H and O–H groups in total. The van der Waals surface area contributed by atoms with E-state index in [-0.39, 0.29) is 48.9 Å². The van der Waals surface area contributed by atoms with Gasteiger partial charge in [0.15, 0.2) is 29.4 Å². The molecule has 0 amide bonds. The average Bonchev–Trinajstić information content (AvgIpc) is 2.86. The fraction of sp³-hybridized carbons (Fsp3) is 0.520. The number of halogens is 1. The molecule has 10 heteroatoms. The van der Waals surface area contributed by atoms with Gasteiger partial charge in [-0.2, -0.15) is 0 Å². The third kappa shape index (κ3) is 4.95. The third-order valence-corrected chi connectivity index (χ3v) is 6.97. The zero-order valence-electron chi connectivity index (χ0n) is 19.5. The minimum Gasteiger partial charge on any atom is -0.504 e. The first-order valence-electron chi connectivity index (χ1n) is 11.4. The first-order chi connectivity index (χ1) is 16.8. The van der Waals surface area contributed by atoms with E-state index in [1.54, 1.807) is 24.3 Å². The second kappa shape index (κ2) is 10.7. The van der Waals surface area contributed by atoms with Gasteiger partial charge in [-0.1, -0.05) is 6.07 Å². The molecule has 1 aliphatic heterocycles. The van der Waals surface area contributed by atoms with Gasteiger partial charge in [0, 0.05) is 12.5 Å². The predicted octanol–water partition coefficient (Wildman–Crippen LogP) is 0.917. The lowest BCUT2D eigenvalue weighted by Gasteiger charge is -2.41. The van der Waals surface area contributed by atoms with E-state index in [4.69, 9.17) is 18.9 Å². The second-order valence-corrected chi connectivity index (χ2v) is 8.99. The van der Waals surface area contributed by atoms with Crippen molar-refractivity contribution >= 4 is 0 Å². The summed E-state index contributed by atoms with van der Waals surface area (Å²) in [6.45, 7) is -0.373. The van der Waals surface area contributed by atoms with Crippen LogP contribution >= 0.6 is 0 Å². The van der Waals surface area contributed by atoms with Crippen molar-refractivity contribution in [3.63, 3.8) is 0 Å². The SMILES string of the molecule is COc1cc2c(cc1O)C[C@H](CO)[C@@H](CO[C@@H]1OC[C@@H](O)[C@H](O)[C@H]1O)[C@@H]2c1ccc(F)c(OC)c1. The van der Waals surface area contributed by atoms with Gasteiger partial charge in [0.25, 0.3) is 0 Å². The molecule has 9 nitrogen and oxygen atoms in total. The number of ether oxygens (including phenoxy) is 4. The van der Waals surface area contributed by atoms with Crippen molar-refractivity contribution in [1.82, 2.24) is 0 Å². The predicted molar refractivity (Wildman–Crippen MR) is 121 cm³/mol. The maximum atomic E-state index is 14.2. The van der Waals surface area contributed by atoms with Crippen molar-refractivity contribution in [3.8, 4) is 17.2 Å². The van der Waals surface area contributed by atoms with Crippen LogP contribution in [0.4, 0.5) is 4.39 Å². The van der Waals surface area contributed by atoms with Crippen LogP contribution in [-0.2, 0) is 15.9 Å². The van der Waals surface area contributed by atoms with Crippen LogP contribution in [0, 0.1) is 17.7 Å². The van der Waals surface area contributed by atoms with Crippen molar-refractivity contribution in [1.29, 1.82) is 0 Å². The van der Waals surface area contributed by atoms with E-state index in [2.05, 4.69) is 0 Å². The van der Waals surface area contributed by atoms with Gasteiger partial charge in [0.2, 0.25) is 0 Å². The molecule has 1 aliphatic carbocycles. The Hall–Kier alpha value is -2.47. The number of phenolic OH excluding ortho intramolecular Hbond substituents is 1. The van der Waals surface area contributed by atoms with Crippen LogP contribution in [0.2, 0.25) is 0 Å². The van der Waals surface area contributed by atoms with Gasteiger partial charge < -0.3 is 44.5 Å². The monoisotopic (exact) mass is 494 g/mol. The van der Waals surface area contributed by atoms with Gasteiger partial charge in [-0.05, 0) is 59.2 Å². The molecule has 0 aromatic heterocycles. The van der Waals surface area contributed by atoms with Crippen LogP contribution in [0.5, 0.6) is 17.2 Å². The summed E-state index contributed by atoms with van der Waals surface area (Å²) in [5.74, 6) is -1.31. The molecule has 0 spiro atoms. The molecule has 2 aromatic rings. The molecule has 1 heterocycles. The summed E-state index contributed by atoms with van der Waals surface area (Å²) in [6, 6.07) is 7.84. The molecular formula is C25H31FO9. The Kier molecular flexibility index (Phi) is 7.80. The molecule has 7 atom stereocenters. The van der Waals surface area contributed by atoms with E-state index < -0.39 is 36.3 Å². The van der Waals surface area contributed by atoms with Crippen LogP contribution < -0.4 is 9.47 Å². The van der Waals surface area contributed by atoms with Crippen molar-refractivity contribution in [2.75, 3.05) is 34.0 Å². The number of rotatable bonds is 7. The maximum Gasteiger partial charge on any atom is 0.186 e. The zero-order chi connectivity index (χ0) is 25.3. The third-order valence-electron chi connectivity index (χ3n) is 6.97. The van der Waals surface area contributed by atoms with E-state index in [0.717, 1.165) is 11.1 Å². The van der Waals surface area contributed by atoms with E-state index in [1.165, 1.54) is 20.3 Å². The molecule has 1 fully saturated rings. The molecule has 0 unspecified atom stereocenters. The Morgan fingerprint density at radius 2 is 1.77 bits per heavy atom. The van der Waals surface area contributed by atoms with Crippen LogP contribution in [0.25, 0.3) is 0 Å². The minimum atomic E-state index is -1.45. The molecular weight excluding hydrogens is 463 g/mol. The Morgan fingerprint density at radius 3 is 2.46 bits per heavy atom. The van der Waals surface area contributed by atoms with Crippen molar-refractivity contribution in [3.05, 3.63) is 52.8 Å². The van der Waals surface area contributed by atoms with Crippen LogP contribution in [0.15, 0.2) is 30.3 Å². The Bertz CT molecular complexity index is 1030. The maximum absolute atomic E-state index is 14.2. The van der Waals surface area contributed by atoms with Gasteiger partial charge in [0.05, 0.1) is 27.4 Å². The number of benzene rings is 2. The highest BCUT2D eigenvalue weighted by Crippen LogP contribution is 2.47. The van der Waals surface area contributed by atoms with E-state index in [9.17, 15) is 29.9 Å². The molecule has 0 radical (unpaired) electrons. The lowest BCUT2D eigenvalue weighted by Crippen LogP contribution is -2.54. The van der Waals surface area contributed by atoms with Crippen molar-refractivity contribution in [2.24, 2.45) is 11.8 Å². The van der Waals surface area contributed by atoms with Crippen LogP contribution in [0.3, 0.4) is 0 Å². The normalized spacial score (nSPS) is 30.5. The summed E-state index contributed by atoms with van der Waals surface area (Å²) in [4.78, 5) is 0. The fourth-order valence-electron chi connectivity index (χ4n) is 5.05. The molecule has 0 bridgehead atoms. The number of fused-ring (bicyclic) bond motifs is 1. The molecule has 4 rings (SSSR count). The Morgan fingerprint density at radius 1 is 1.03 bits per heavy atom. The van der Waals surface area contributed by atoms with Gasteiger partial charge in [0.1, 0.15) is 18.3 Å². The fourth-order valence-corrected chi connectivity index (χ4v) is 5.05. The van der Waals surface area contributed by atoms with E-state index >= 15 is 0 Å². The Balaban J connectivity index is 1.74. The summed E-state index contributed by atoms with van der Waals surface area (Å²) in [6.07, 6.45) is -4.84. The number of aliphatic hydroxyl groups is 4. The highest BCUT2D eigenvalue weighted by Gasteiger charge is 2.42. The number of hydrogen-bond acceptors (Lipinski definition) is 9. The molecule has 2 aromatic carbocycles. The van der Waals surface area contributed by atoms with Gasteiger partial charge in [-0.25, -0.2) is 4.39 Å². The molecule has 1 saturated heterocycles. The summed E-state index contributed by atoms with van der Waals surface area (Å²) >= 11 is 0. The molecule has 35 heavy (non-hydrogen) atoms. The van der Waals surface area contributed by atoms with Crippen LogP contribution in [0.1, 0.15) is 22.6 Å². The smallest absolute Gasteiger partial charge is 0.186 e. The number of aliphatic hydroxyl groups excluding tert-OH is 4. The summed E-state index contributed by atoms with van der Waals surface area (Å²) in [5, 5.41) is 50.6. The lowest BCUT2D eigenvalue weighted by atomic mass is 9.67. The van der Waals surface area contributed by atoms with E-state index in [0.29, 0.717) is 12.0 Å². The lowest BCUT2D eigenvalue weighted by molar-refractivity contribution is -0.274. The largest absolute Gasteiger partial charge is 0.504 e. The van der Waals surface area contributed by atoms with Gasteiger partial charge in [-0.15, -0.1) is 0 Å². The quantitative estimate of drug-likeness (QED) is 0.380. The minimum absolute atomic E-state index is 0.0166. The molecule has 192 valence electrons. The summed E-state index contributed by atoms with van der Waals surface area (Å²) < 4.78 is 36.0.